The fourth-order valence-electron chi connectivity index (χ4n) is 3.08. The van der Waals surface area contributed by atoms with E-state index < -0.39 is 0 Å². The maximum absolute atomic E-state index is 13.0. The molecule has 1 heterocycles. The first kappa shape index (κ1) is 14.0. The minimum atomic E-state index is -0.244. The predicted octanol–water partition coefficient (Wildman–Crippen LogP) is 2.47. The molecule has 1 aliphatic heterocycles. The van der Waals surface area contributed by atoms with E-state index in [4.69, 9.17) is 5.73 Å². The van der Waals surface area contributed by atoms with E-state index >= 15 is 0 Å². The van der Waals surface area contributed by atoms with Crippen LogP contribution in [0.15, 0.2) is 24.3 Å². The predicted molar refractivity (Wildman–Crippen MR) is 72.9 cm³/mol. The maximum atomic E-state index is 13.0. The molecule has 1 fully saturated rings. The molecule has 0 aromatic heterocycles. The van der Waals surface area contributed by atoms with Crippen molar-refractivity contribution in [3.8, 4) is 0 Å². The molecule has 1 aromatic rings. The topological polar surface area (TPSA) is 46.3 Å². The fourth-order valence-corrected chi connectivity index (χ4v) is 3.08. The Labute approximate surface area is 113 Å². The lowest BCUT2D eigenvalue weighted by Gasteiger charge is -2.39. The summed E-state index contributed by atoms with van der Waals surface area (Å²) in [7, 11) is 2.09. The van der Waals surface area contributed by atoms with Crippen LogP contribution in [0.1, 0.15) is 37.3 Å². The largest absolute Gasteiger partial charge is 0.370 e. The summed E-state index contributed by atoms with van der Waals surface area (Å²) in [6, 6.07) is 6.96. The van der Waals surface area contributed by atoms with Crippen molar-refractivity contribution < 1.29 is 9.18 Å². The van der Waals surface area contributed by atoms with Gasteiger partial charge in [0, 0.05) is 12.5 Å². The van der Waals surface area contributed by atoms with Crippen molar-refractivity contribution >= 4 is 5.91 Å². The molecular weight excluding hydrogens is 243 g/mol. The lowest BCUT2D eigenvalue weighted by molar-refractivity contribution is -0.118. The molecule has 1 aromatic carbocycles. The summed E-state index contributed by atoms with van der Waals surface area (Å²) in [5, 5.41) is 0. The molecule has 2 rings (SSSR count). The molecule has 1 saturated heterocycles. The number of hydrogen-bond acceptors (Lipinski definition) is 2. The van der Waals surface area contributed by atoms with Crippen molar-refractivity contribution in [2.24, 2.45) is 11.7 Å². The van der Waals surface area contributed by atoms with Gasteiger partial charge in [-0.05, 0) is 56.5 Å². The number of benzene rings is 1. The third kappa shape index (κ3) is 3.53. The summed E-state index contributed by atoms with van der Waals surface area (Å²) in [6.45, 7) is 1.04. The Morgan fingerprint density at radius 2 is 2.11 bits per heavy atom. The quantitative estimate of drug-likeness (QED) is 0.908. The zero-order valence-corrected chi connectivity index (χ0v) is 11.3. The zero-order chi connectivity index (χ0) is 13.8. The van der Waals surface area contributed by atoms with E-state index in [0.717, 1.165) is 31.4 Å². The Bertz CT molecular complexity index is 432. The summed E-state index contributed by atoms with van der Waals surface area (Å²) >= 11 is 0. The van der Waals surface area contributed by atoms with Crippen LogP contribution in [0, 0.1) is 11.7 Å². The summed E-state index contributed by atoms with van der Waals surface area (Å²) in [5.41, 5.74) is 6.37. The molecule has 2 N–H and O–H groups in total. The van der Waals surface area contributed by atoms with E-state index in [-0.39, 0.29) is 17.8 Å². The Balaban J connectivity index is 2.15. The highest BCUT2D eigenvalue weighted by molar-refractivity contribution is 5.73. The van der Waals surface area contributed by atoms with Crippen molar-refractivity contribution in [2.75, 3.05) is 13.6 Å². The number of rotatable bonds is 4. The zero-order valence-electron chi connectivity index (χ0n) is 11.3. The van der Waals surface area contributed by atoms with Crippen LogP contribution in [-0.4, -0.2) is 24.4 Å². The summed E-state index contributed by atoms with van der Waals surface area (Å²) in [5.74, 6) is -0.0429. The second-order valence-corrected chi connectivity index (χ2v) is 5.38. The van der Waals surface area contributed by atoms with Gasteiger partial charge >= 0.3 is 0 Å². The Kier molecular flexibility index (Phi) is 4.53. The molecule has 1 amide bonds. The van der Waals surface area contributed by atoms with Gasteiger partial charge < -0.3 is 5.73 Å². The molecule has 0 radical (unpaired) electrons. The van der Waals surface area contributed by atoms with Gasteiger partial charge in [-0.2, -0.15) is 0 Å². The highest BCUT2D eigenvalue weighted by Crippen LogP contribution is 2.37. The number of amides is 1. The molecule has 1 aliphatic rings. The lowest BCUT2D eigenvalue weighted by atomic mass is 9.82. The number of primary amides is 1. The average Bonchev–Trinajstić information content (AvgIpc) is 2.38. The first-order valence-electron chi connectivity index (χ1n) is 6.82. The van der Waals surface area contributed by atoms with Crippen LogP contribution < -0.4 is 5.73 Å². The van der Waals surface area contributed by atoms with Crippen LogP contribution in [0.3, 0.4) is 0 Å². The molecule has 4 heteroatoms. The smallest absolute Gasteiger partial charge is 0.217 e. The summed E-state index contributed by atoms with van der Waals surface area (Å²) in [4.78, 5) is 13.3. The van der Waals surface area contributed by atoms with E-state index in [9.17, 15) is 9.18 Å². The van der Waals surface area contributed by atoms with Gasteiger partial charge in [-0.25, -0.2) is 4.39 Å². The Morgan fingerprint density at radius 1 is 1.42 bits per heavy atom. The second kappa shape index (κ2) is 6.15. The standard InChI is InChI=1S/C15H21FN2O/c1-18-10-2-3-11(6-9-14(17)19)15(18)12-4-7-13(16)8-5-12/h4-5,7-8,11,15H,2-3,6,9-10H2,1H3,(H2,17,19). The minimum absolute atomic E-state index is 0.212. The van der Waals surface area contributed by atoms with Gasteiger partial charge in [0.2, 0.25) is 5.91 Å². The molecule has 19 heavy (non-hydrogen) atoms. The van der Waals surface area contributed by atoms with Gasteiger partial charge in [-0.3, -0.25) is 9.69 Å². The van der Waals surface area contributed by atoms with Crippen molar-refractivity contribution in [1.82, 2.24) is 4.90 Å². The molecule has 104 valence electrons. The minimum Gasteiger partial charge on any atom is -0.370 e. The van der Waals surface area contributed by atoms with Crippen LogP contribution in [0.5, 0.6) is 0 Å². The molecule has 3 nitrogen and oxygen atoms in total. The van der Waals surface area contributed by atoms with E-state index in [1.807, 2.05) is 12.1 Å². The van der Waals surface area contributed by atoms with Gasteiger partial charge in [0.25, 0.3) is 0 Å². The molecule has 0 aliphatic carbocycles. The monoisotopic (exact) mass is 264 g/mol. The number of likely N-dealkylation sites (tertiary alicyclic amines) is 1. The number of hydrogen-bond donors (Lipinski definition) is 1. The molecule has 0 saturated carbocycles. The first-order valence-corrected chi connectivity index (χ1v) is 6.82. The lowest BCUT2D eigenvalue weighted by Crippen LogP contribution is -2.36. The molecule has 0 spiro atoms. The van der Waals surface area contributed by atoms with E-state index in [1.54, 1.807) is 0 Å². The normalized spacial score (nSPS) is 24.3. The van der Waals surface area contributed by atoms with Crippen molar-refractivity contribution in [1.29, 1.82) is 0 Å². The van der Waals surface area contributed by atoms with Gasteiger partial charge in [0.1, 0.15) is 5.82 Å². The summed E-state index contributed by atoms with van der Waals surface area (Å²) < 4.78 is 13.0. The average molecular weight is 264 g/mol. The van der Waals surface area contributed by atoms with Crippen molar-refractivity contribution in [3.05, 3.63) is 35.6 Å². The molecule has 2 unspecified atom stereocenters. The van der Waals surface area contributed by atoms with Gasteiger partial charge in [-0.15, -0.1) is 0 Å². The fraction of sp³-hybridized carbons (Fsp3) is 0.533. The highest BCUT2D eigenvalue weighted by Gasteiger charge is 2.30. The molecular formula is C15H21FN2O. The number of nitrogens with zero attached hydrogens (tertiary/aromatic N) is 1. The van der Waals surface area contributed by atoms with E-state index in [0.29, 0.717) is 12.3 Å². The van der Waals surface area contributed by atoms with Crippen LogP contribution in [0.25, 0.3) is 0 Å². The van der Waals surface area contributed by atoms with Crippen LogP contribution in [0.2, 0.25) is 0 Å². The van der Waals surface area contributed by atoms with Crippen LogP contribution in [0.4, 0.5) is 4.39 Å². The van der Waals surface area contributed by atoms with Crippen molar-refractivity contribution in [2.45, 2.75) is 31.7 Å². The number of nitrogens with two attached hydrogens (primary N) is 1. The van der Waals surface area contributed by atoms with E-state index in [2.05, 4.69) is 11.9 Å². The Morgan fingerprint density at radius 3 is 2.74 bits per heavy atom. The Hall–Kier alpha value is -1.42. The second-order valence-electron chi connectivity index (χ2n) is 5.38. The van der Waals surface area contributed by atoms with E-state index in [1.165, 1.54) is 12.1 Å². The maximum Gasteiger partial charge on any atom is 0.217 e. The van der Waals surface area contributed by atoms with Gasteiger partial charge in [0.05, 0.1) is 0 Å². The number of carbonyl (C=O) groups is 1. The number of piperidine rings is 1. The SMILES string of the molecule is CN1CCCC(CCC(N)=O)C1c1ccc(F)cc1. The van der Waals surface area contributed by atoms with Crippen LogP contribution >= 0.6 is 0 Å². The number of halogens is 1. The molecule has 0 bridgehead atoms. The van der Waals surface area contributed by atoms with Crippen molar-refractivity contribution in [3.63, 3.8) is 0 Å². The summed E-state index contributed by atoms with van der Waals surface area (Å²) in [6.07, 6.45) is 3.47. The third-order valence-electron chi connectivity index (χ3n) is 3.98. The number of carbonyl (C=O) groups excluding carboxylic acids is 1. The van der Waals surface area contributed by atoms with Gasteiger partial charge in [0.15, 0.2) is 0 Å². The highest BCUT2D eigenvalue weighted by atomic mass is 19.1. The molecule has 2 atom stereocenters. The first-order chi connectivity index (χ1) is 9.08. The third-order valence-corrected chi connectivity index (χ3v) is 3.98. The van der Waals surface area contributed by atoms with Gasteiger partial charge in [-0.1, -0.05) is 12.1 Å². The van der Waals surface area contributed by atoms with Crippen LogP contribution in [-0.2, 0) is 4.79 Å².